The summed E-state index contributed by atoms with van der Waals surface area (Å²) < 4.78 is 13.8. The highest BCUT2D eigenvalue weighted by Gasteiger charge is 2.09. The van der Waals surface area contributed by atoms with Crippen molar-refractivity contribution >= 4 is 23.2 Å². The molecule has 0 aliphatic heterocycles. The number of nitrogens with one attached hydrogen (secondary N) is 1. The number of anilines is 1. The average Bonchev–Trinajstić information content (AvgIpc) is 2.48. The van der Waals surface area contributed by atoms with Crippen LogP contribution >= 0.6 is 11.6 Å². The second-order valence-corrected chi connectivity index (χ2v) is 5.25. The lowest BCUT2D eigenvalue weighted by Crippen LogP contribution is -2.21. The van der Waals surface area contributed by atoms with Crippen LogP contribution in [0.5, 0.6) is 0 Å². The zero-order valence-electron chi connectivity index (χ0n) is 11.9. The summed E-state index contributed by atoms with van der Waals surface area (Å²) in [5.74, 6) is -0.500. The molecule has 21 heavy (non-hydrogen) atoms. The minimum atomic E-state index is -0.424. The smallest absolute Gasteiger partial charge is 0.253 e. The van der Waals surface area contributed by atoms with E-state index < -0.39 is 5.82 Å². The molecule has 0 radical (unpaired) electrons. The summed E-state index contributed by atoms with van der Waals surface area (Å²) in [6.07, 6.45) is 0. The fraction of sp³-hybridized carbons (Fsp3) is 0.188. The zero-order valence-corrected chi connectivity index (χ0v) is 12.6. The first-order valence-electron chi connectivity index (χ1n) is 6.47. The first-order chi connectivity index (χ1) is 9.99. The van der Waals surface area contributed by atoms with Gasteiger partial charge in [-0.15, -0.1) is 0 Å². The first-order valence-corrected chi connectivity index (χ1v) is 6.85. The van der Waals surface area contributed by atoms with Crippen LogP contribution in [0, 0.1) is 5.82 Å². The molecule has 0 atom stereocenters. The van der Waals surface area contributed by atoms with Gasteiger partial charge in [0.15, 0.2) is 0 Å². The van der Waals surface area contributed by atoms with Gasteiger partial charge in [-0.3, -0.25) is 4.79 Å². The van der Waals surface area contributed by atoms with E-state index in [0.29, 0.717) is 17.7 Å². The number of hydrogen-bond acceptors (Lipinski definition) is 2. The van der Waals surface area contributed by atoms with Crippen LogP contribution in [0.25, 0.3) is 0 Å². The first kappa shape index (κ1) is 15.3. The number of carbonyl (C=O) groups is 1. The fourth-order valence-corrected chi connectivity index (χ4v) is 2.10. The van der Waals surface area contributed by atoms with Crippen LogP contribution in [-0.4, -0.2) is 24.9 Å². The maximum atomic E-state index is 13.8. The number of benzene rings is 2. The Morgan fingerprint density at radius 2 is 1.95 bits per heavy atom. The van der Waals surface area contributed by atoms with E-state index in [1.54, 1.807) is 44.4 Å². The van der Waals surface area contributed by atoms with Crippen LogP contribution < -0.4 is 5.32 Å². The van der Waals surface area contributed by atoms with Gasteiger partial charge in [0.1, 0.15) is 5.82 Å². The summed E-state index contributed by atoms with van der Waals surface area (Å²) in [4.78, 5) is 13.4. The highest BCUT2D eigenvalue weighted by molar-refractivity contribution is 6.30. The number of nitrogens with zero attached hydrogens (tertiary/aromatic N) is 1. The van der Waals surface area contributed by atoms with Gasteiger partial charge in [-0.1, -0.05) is 29.8 Å². The van der Waals surface area contributed by atoms with E-state index >= 15 is 0 Å². The molecule has 0 aromatic heterocycles. The molecule has 0 aliphatic carbocycles. The standard InChI is InChI=1S/C16H16ClFN2O/c1-20(2)16(21)11-5-3-7-13(9-11)19-10-12-6-4-8-14(17)15(12)18/h3-9,19H,10H2,1-2H3. The third-order valence-electron chi connectivity index (χ3n) is 3.03. The predicted octanol–water partition coefficient (Wildman–Crippen LogP) is 3.79. The van der Waals surface area contributed by atoms with E-state index in [4.69, 9.17) is 11.6 Å². The summed E-state index contributed by atoms with van der Waals surface area (Å²) in [6, 6.07) is 12.0. The summed E-state index contributed by atoms with van der Waals surface area (Å²) in [5, 5.41) is 3.20. The monoisotopic (exact) mass is 306 g/mol. The maximum Gasteiger partial charge on any atom is 0.253 e. The number of hydrogen-bond donors (Lipinski definition) is 1. The van der Waals surface area contributed by atoms with Gasteiger partial charge in [0.2, 0.25) is 0 Å². The van der Waals surface area contributed by atoms with E-state index in [0.717, 1.165) is 5.69 Å². The van der Waals surface area contributed by atoms with Crippen LogP contribution in [0.2, 0.25) is 5.02 Å². The van der Waals surface area contributed by atoms with Crippen molar-refractivity contribution < 1.29 is 9.18 Å². The molecule has 0 spiro atoms. The molecule has 110 valence electrons. The molecule has 5 heteroatoms. The molecule has 2 aromatic rings. The highest BCUT2D eigenvalue weighted by Crippen LogP contribution is 2.19. The van der Waals surface area contributed by atoms with Gasteiger partial charge < -0.3 is 10.2 Å². The third kappa shape index (κ3) is 3.73. The Kier molecular flexibility index (Phi) is 4.81. The Bertz CT molecular complexity index is 658. The van der Waals surface area contributed by atoms with Gasteiger partial charge in [-0.05, 0) is 24.3 Å². The second kappa shape index (κ2) is 6.59. The molecule has 0 fully saturated rings. The van der Waals surface area contributed by atoms with Crippen molar-refractivity contribution in [3.05, 3.63) is 64.4 Å². The molecule has 0 saturated heterocycles. The predicted molar refractivity (Wildman–Crippen MR) is 83.2 cm³/mol. The van der Waals surface area contributed by atoms with E-state index in [1.807, 2.05) is 6.07 Å². The molecular weight excluding hydrogens is 291 g/mol. The van der Waals surface area contributed by atoms with Gasteiger partial charge in [-0.25, -0.2) is 4.39 Å². The second-order valence-electron chi connectivity index (χ2n) is 4.85. The van der Waals surface area contributed by atoms with Crippen molar-refractivity contribution in [2.75, 3.05) is 19.4 Å². The lowest BCUT2D eigenvalue weighted by molar-refractivity contribution is 0.0827. The van der Waals surface area contributed by atoms with Crippen molar-refractivity contribution in [2.45, 2.75) is 6.54 Å². The Balaban J connectivity index is 2.12. The van der Waals surface area contributed by atoms with E-state index in [9.17, 15) is 9.18 Å². The van der Waals surface area contributed by atoms with Gasteiger partial charge in [0.05, 0.1) is 5.02 Å². The Labute approximate surface area is 128 Å². The molecular formula is C16H16ClFN2O. The Hall–Kier alpha value is -2.07. The molecule has 0 aliphatic rings. The number of rotatable bonds is 4. The van der Waals surface area contributed by atoms with Crippen molar-refractivity contribution in [2.24, 2.45) is 0 Å². The Morgan fingerprint density at radius 1 is 1.24 bits per heavy atom. The van der Waals surface area contributed by atoms with E-state index in [2.05, 4.69) is 5.32 Å². The maximum absolute atomic E-state index is 13.8. The van der Waals surface area contributed by atoms with Crippen LogP contribution in [-0.2, 0) is 6.54 Å². The molecule has 2 rings (SSSR count). The normalized spacial score (nSPS) is 10.3. The number of halogens is 2. The average molecular weight is 307 g/mol. The summed E-state index contributed by atoms with van der Waals surface area (Å²) in [6.45, 7) is 0.298. The molecule has 1 N–H and O–H groups in total. The summed E-state index contributed by atoms with van der Waals surface area (Å²) in [5.41, 5.74) is 1.81. The highest BCUT2D eigenvalue weighted by atomic mass is 35.5. The number of carbonyl (C=O) groups excluding carboxylic acids is 1. The summed E-state index contributed by atoms with van der Waals surface area (Å²) in [7, 11) is 3.40. The number of amides is 1. The van der Waals surface area contributed by atoms with Crippen LogP contribution in [0.15, 0.2) is 42.5 Å². The van der Waals surface area contributed by atoms with Gasteiger partial charge in [0.25, 0.3) is 5.91 Å². The third-order valence-corrected chi connectivity index (χ3v) is 3.32. The lowest BCUT2D eigenvalue weighted by atomic mass is 10.1. The largest absolute Gasteiger partial charge is 0.381 e. The molecule has 3 nitrogen and oxygen atoms in total. The summed E-state index contributed by atoms with van der Waals surface area (Å²) >= 11 is 5.74. The van der Waals surface area contributed by atoms with Crippen molar-refractivity contribution in [3.63, 3.8) is 0 Å². The SMILES string of the molecule is CN(C)C(=O)c1cccc(NCc2cccc(Cl)c2F)c1. The minimum Gasteiger partial charge on any atom is -0.381 e. The molecule has 0 unspecified atom stereocenters. The topological polar surface area (TPSA) is 32.3 Å². The molecule has 2 aromatic carbocycles. The van der Waals surface area contributed by atoms with Gasteiger partial charge in [-0.2, -0.15) is 0 Å². The minimum absolute atomic E-state index is 0.0763. The van der Waals surface area contributed by atoms with Crippen LogP contribution in [0.4, 0.5) is 10.1 Å². The Morgan fingerprint density at radius 3 is 2.67 bits per heavy atom. The van der Waals surface area contributed by atoms with Crippen LogP contribution in [0.3, 0.4) is 0 Å². The van der Waals surface area contributed by atoms with Gasteiger partial charge >= 0.3 is 0 Å². The van der Waals surface area contributed by atoms with Gasteiger partial charge in [0, 0.05) is 37.5 Å². The van der Waals surface area contributed by atoms with Crippen LogP contribution in [0.1, 0.15) is 15.9 Å². The van der Waals surface area contributed by atoms with Crippen molar-refractivity contribution in [1.29, 1.82) is 0 Å². The molecule has 1 amide bonds. The van der Waals surface area contributed by atoms with E-state index in [1.165, 1.54) is 11.0 Å². The molecule has 0 heterocycles. The molecule has 0 bridgehead atoms. The lowest BCUT2D eigenvalue weighted by Gasteiger charge is -2.12. The fourth-order valence-electron chi connectivity index (χ4n) is 1.90. The van der Waals surface area contributed by atoms with Crippen molar-refractivity contribution in [1.82, 2.24) is 4.90 Å². The van der Waals surface area contributed by atoms with E-state index in [-0.39, 0.29) is 10.9 Å². The molecule has 0 saturated carbocycles. The van der Waals surface area contributed by atoms with Crippen molar-refractivity contribution in [3.8, 4) is 0 Å². The quantitative estimate of drug-likeness (QED) is 0.932. The zero-order chi connectivity index (χ0) is 15.4.